The number of benzene rings is 1. The molecule has 0 aromatic heterocycles. The van der Waals surface area contributed by atoms with Gasteiger partial charge in [-0.2, -0.15) is 8.42 Å². The van der Waals surface area contributed by atoms with Crippen LogP contribution in [0.4, 0.5) is 10.5 Å². The van der Waals surface area contributed by atoms with Crippen LogP contribution in [0.1, 0.15) is 0 Å². The maximum atomic E-state index is 11.6. The fourth-order valence-corrected chi connectivity index (χ4v) is 1.91. The Balaban J connectivity index is 2.87. The van der Waals surface area contributed by atoms with Gasteiger partial charge >= 0.3 is 12.0 Å². The van der Waals surface area contributed by atoms with Crippen LogP contribution in [0.25, 0.3) is 0 Å². The maximum absolute atomic E-state index is 11.6. The molecule has 10 nitrogen and oxygen atoms in total. The van der Waals surface area contributed by atoms with Crippen LogP contribution in [0.15, 0.2) is 23.1 Å². The molecule has 0 spiro atoms. The Morgan fingerprint density at radius 3 is 2.55 bits per heavy atom. The first kappa shape index (κ1) is 17.7. The molecule has 0 radical (unpaired) electrons. The standard InChI is InChI=1S/C11H15N3O7S/c1-21-9-3-2-6(22(18,19)20)4-8(9)14-11(17)13-5-7(12)10(15)16/h2-4,7H,5,12H2,1H3,(H,15,16)(H2,13,14,17)(H,18,19,20)/t7-/m0/s1. The van der Waals surface area contributed by atoms with E-state index in [0.29, 0.717) is 0 Å². The van der Waals surface area contributed by atoms with Crippen molar-refractivity contribution in [3.05, 3.63) is 18.2 Å². The summed E-state index contributed by atoms with van der Waals surface area (Å²) >= 11 is 0. The summed E-state index contributed by atoms with van der Waals surface area (Å²) in [5.41, 5.74) is 5.19. The zero-order valence-corrected chi connectivity index (χ0v) is 12.3. The normalized spacial score (nSPS) is 12.3. The van der Waals surface area contributed by atoms with Crippen LogP contribution in [-0.4, -0.2) is 49.8 Å². The summed E-state index contributed by atoms with van der Waals surface area (Å²) in [6, 6.07) is 1.23. The molecule has 0 aliphatic rings. The first-order valence-corrected chi connectivity index (χ1v) is 7.28. The number of nitrogens with two attached hydrogens (primary N) is 1. The van der Waals surface area contributed by atoms with Crippen LogP contribution in [0.2, 0.25) is 0 Å². The molecule has 1 rings (SSSR count). The van der Waals surface area contributed by atoms with Crippen LogP contribution >= 0.6 is 0 Å². The highest BCUT2D eigenvalue weighted by Gasteiger charge is 2.16. The molecular formula is C11H15N3O7S. The van der Waals surface area contributed by atoms with Crippen molar-refractivity contribution < 1.29 is 32.4 Å². The van der Waals surface area contributed by atoms with E-state index in [4.69, 9.17) is 20.1 Å². The first-order valence-electron chi connectivity index (χ1n) is 5.84. The second kappa shape index (κ2) is 7.06. The molecule has 11 heteroatoms. The molecule has 0 unspecified atom stereocenters. The molecule has 0 heterocycles. The minimum absolute atomic E-state index is 0.0287. The van der Waals surface area contributed by atoms with Crippen molar-refractivity contribution in [3.8, 4) is 5.75 Å². The van der Waals surface area contributed by atoms with Crippen LogP contribution in [0.3, 0.4) is 0 Å². The molecular weight excluding hydrogens is 318 g/mol. The molecule has 6 N–H and O–H groups in total. The minimum atomic E-state index is -4.45. The number of carboxylic acids is 1. The van der Waals surface area contributed by atoms with Crippen molar-refractivity contribution in [2.24, 2.45) is 5.73 Å². The number of hydrogen-bond donors (Lipinski definition) is 5. The Hall–Kier alpha value is -2.37. The molecule has 2 amide bonds. The predicted octanol–water partition coefficient (Wildman–Crippen LogP) is -0.525. The van der Waals surface area contributed by atoms with Gasteiger partial charge in [0.25, 0.3) is 10.1 Å². The molecule has 0 aliphatic heterocycles. The number of methoxy groups -OCH3 is 1. The number of carbonyl (C=O) groups is 2. The quantitative estimate of drug-likeness (QED) is 0.433. The summed E-state index contributed by atoms with van der Waals surface area (Å²) in [4.78, 5) is 21.7. The van der Waals surface area contributed by atoms with Gasteiger partial charge in [0.2, 0.25) is 0 Å². The Kier molecular flexibility index (Phi) is 5.68. The predicted molar refractivity (Wildman–Crippen MR) is 75.4 cm³/mol. The van der Waals surface area contributed by atoms with Gasteiger partial charge in [0.15, 0.2) is 0 Å². The third-order valence-corrected chi connectivity index (χ3v) is 3.37. The van der Waals surface area contributed by atoms with Crippen molar-refractivity contribution >= 4 is 27.8 Å². The lowest BCUT2D eigenvalue weighted by atomic mass is 10.3. The van der Waals surface area contributed by atoms with E-state index in [2.05, 4.69) is 10.6 Å². The van der Waals surface area contributed by atoms with E-state index < -0.39 is 33.1 Å². The third kappa shape index (κ3) is 4.87. The largest absolute Gasteiger partial charge is 0.495 e. The summed E-state index contributed by atoms with van der Waals surface area (Å²) in [6.07, 6.45) is 0. The van der Waals surface area contributed by atoms with Gasteiger partial charge in [0.05, 0.1) is 17.7 Å². The van der Waals surface area contributed by atoms with Gasteiger partial charge in [0.1, 0.15) is 11.8 Å². The third-order valence-electron chi connectivity index (χ3n) is 2.52. The van der Waals surface area contributed by atoms with Gasteiger partial charge in [-0.05, 0) is 18.2 Å². The summed E-state index contributed by atoms with van der Waals surface area (Å²) in [7, 11) is -3.15. The van der Waals surface area contributed by atoms with Crippen LogP contribution in [-0.2, 0) is 14.9 Å². The van der Waals surface area contributed by atoms with E-state index in [1.807, 2.05) is 0 Å². The van der Waals surface area contributed by atoms with E-state index >= 15 is 0 Å². The van der Waals surface area contributed by atoms with E-state index in [1.165, 1.54) is 13.2 Å². The first-order chi connectivity index (χ1) is 10.1. The number of urea groups is 1. The summed E-state index contributed by atoms with van der Waals surface area (Å²) in [5.74, 6) is -1.14. The zero-order chi connectivity index (χ0) is 16.9. The Bertz CT molecular complexity index is 674. The fraction of sp³-hybridized carbons (Fsp3) is 0.273. The molecule has 0 aliphatic carbocycles. The number of amides is 2. The van der Waals surface area contributed by atoms with Crippen LogP contribution in [0, 0.1) is 0 Å². The van der Waals surface area contributed by atoms with Gasteiger partial charge in [-0.3, -0.25) is 9.35 Å². The highest BCUT2D eigenvalue weighted by molar-refractivity contribution is 7.85. The molecule has 0 bridgehead atoms. The van der Waals surface area contributed by atoms with Crippen molar-refractivity contribution in [1.29, 1.82) is 0 Å². The monoisotopic (exact) mass is 333 g/mol. The zero-order valence-electron chi connectivity index (χ0n) is 11.4. The van der Waals surface area contributed by atoms with Crippen molar-refractivity contribution in [2.75, 3.05) is 19.0 Å². The summed E-state index contributed by atoms with van der Waals surface area (Å²) in [5, 5.41) is 13.0. The van der Waals surface area contributed by atoms with Crippen molar-refractivity contribution in [2.45, 2.75) is 10.9 Å². The minimum Gasteiger partial charge on any atom is -0.495 e. The molecule has 22 heavy (non-hydrogen) atoms. The lowest BCUT2D eigenvalue weighted by Crippen LogP contribution is -2.43. The molecule has 1 aromatic rings. The second-order valence-electron chi connectivity index (χ2n) is 4.12. The van der Waals surface area contributed by atoms with Crippen LogP contribution in [0.5, 0.6) is 5.75 Å². The van der Waals surface area contributed by atoms with E-state index in [9.17, 15) is 18.0 Å². The van der Waals surface area contributed by atoms with Gasteiger partial charge in [0, 0.05) is 6.54 Å². The lowest BCUT2D eigenvalue weighted by Gasteiger charge is -2.13. The number of ether oxygens (including phenoxy) is 1. The van der Waals surface area contributed by atoms with E-state index in [0.717, 1.165) is 12.1 Å². The number of hydrogen-bond acceptors (Lipinski definition) is 6. The number of nitrogens with one attached hydrogen (secondary N) is 2. The highest BCUT2D eigenvalue weighted by Crippen LogP contribution is 2.27. The SMILES string of the molecule is COc1ccc(S(=O)(=O)O)cc1NC(=O)NC[C@H](N)C(=O)O. The topological polar surface area (TPSA) is 168 Å². The van der Waals surface area contributed by atoms with Gasteiger partial charge in [-0.1, -0.05) is 0 Å². The van der Waals surface area contributed by atoms with Crippen molar-refractivity contribution in [3.63, 3.8) is 0 Å². The lowest BCUT2D eigenvalue weighted by molar-refractivity contribution is -0.138. The molecule has 0 saturated heterocycles. The van der Waals surface area contributed by atoms with E-state index in [-0.39, 0.29) is 18.0 Å². The smallest absolute Gasteiger partial charge is 0.322 e. The molecule has 122 valence electrons. The Labute approximate surface area is 126 Å². The maximum Gasteiger partial charge on any atom is 0.322 e. The molecule has 1 aromatic carbocycles. The molecule has 0 fully saturated rings. The molecule has 1 atom stereocenters. The van der Waals surface area contributed by atoms with Crippen LogP contribution < -0.4 is 21.1 Å². The van der Waals surface area contributed by atoms with Gasteiger partial charge < -0.3 is 26.2 Å². The number of aliphatic carboxylic acids is 1. The summed E-state index contributed by atoms with van der Waals surface area (Å²) < 4.78 is 36.0. The molecule has 0 saturated carbocycles. The Morgan fingerprint density at radius 1 is 1.41 bits per heavy atom. The number of rotatable bonds is 6. The average molecular weight is 333 g/mol. The number of carboxylic acid groups (broad SMARTS) is 1. The highest BCUT2D eigenvalue weighted by atomic mass is 32.2. The van der Waals surface area contributed by atoms with Crippen molar-refractivity contribution in [1.82, 2.24) is 5.32 Å². The Morgan fingerprint density at radius 2 is 2.05 bits per heavy atom. The van der Waals surface area contributed by atoms with Gasteiger partial charge in [-0.15, -0.1) is 0 Å². The number of anilines is 1. The van der Waals surface area contributed by atoms with Gasteiger partial charge in [-0.25, -0.2) is 4.79 Å². The number of carbonyl (C=O) groups excluding carboxylic acids is 1. The fourth-order valence-electron chi connectivity index (χ4n) is 1.40. The van der Waals surface area contributed by atoms with E-state index in [1.54, 1.807) is 0 Å². The second-order valence-corrected chi connectivity index (χ2v) is 5.54. The summed E-state index contributed by atoms with van der Waals surface area (Å²) in [6.45, 7) is -0.332. The average Bonchev–Trinajstić information content (AvgIpc) is 2.43.